The Morgan fingerprint density at radius 1 is 0.944 bits per heavy atom. The summed E-state index contributed by atoms with van der Waals surface area (Å²) in [5.41, 5.74) is 3.98. The maximum Gasteiger partial charge on any atom is 0.490 e. The molecule has 0 saturated heterocycles. The van der Waals surface area contributed by atoms with E-state index in [1.54, 1.807) is 30.6 Å². The SMILES string of the molecule is O=C(O)C(F)(F)F.Oc1ccc2[nH]c(O)c(C=c3ccc4c(c3)N=NC=4/C=C/c3ccncc3)c2c1. The van der Waals surface area contributed by atoms with Crippen LogP contribution in [0.2, 0.25) is 0 Å². The van der Waals surface area contributed by atoms with Crippen LogP contribution in [0.1, 0.15) is 11.1 Å². The first-order valence-electron chi connectivity index (χ1n) is 10.3. The molecule has 0 amide bonds. The van der Waals surface area contributed by atoms with Gasteiger partial charge in [0.2, 0.25) is 0 Å². The minimum absolute atomic E-state index is 0.0558. The first-order chi connectivity index (χ1) is 17.1. The van der Waals surface area contributed by atoms with Gasteiger partial charge >= 0.3 is 12.1 Å². The van der Waals surface area contributed by atoms with E-state index in [9.17, 15) is 23.4 Å². The number of halogens is 3. The molecular formula is C25H17F3N4O4. The molecule has 1 aliphatic rings. The molecule has 4 N–H and O–H groups in total. The fourth-order valence-corrected chi connectivity index (χ4v) is 3.37. The first kappa shape index (κ1) is 24.2. The standard InChI is InChI=1S/C23H16N4O2.C2HF3O2/c28-16-3-6-20-18(13-16)19(23(29)25-20)11-15-1-4-17-21(26-27-22(17)12-15)5-2-14-7-9-24-10-8-14;3-2(4,5)1(6)7/h1-13,25,28-29H;(H,6,7)/b5-2+,15-11?;. The van der Waals surface area contributed by atoms with Gasteiger partial charge in [0.25, 0.3) is 0 Å². The molecule has 0 unspecified atom stereocenters. The number of benzene rings is 2. The molecule has 1 aliphatic heterocycles. The summed E-state index contributed by atoms with van der Waals surface area (Å²) in [6.07, 6.45) is 4.17. The summed E-state index contributed by atoms with van der Waals surface area (Å²) in [7, 11) is 0. The number of hydrogen-bond acceptors (Lipinski definition) is 6. The van der Waals surface area contributed by atoms with Crippen LogP contribution in [0, 0.1) is 0 Å². The van der Waals surface area contributed by atoms with Gasteiger partial charge in [-0.05, 0) is 65.4 Å². The third kappa shape index (κ3) is 5.41. The number of alkyl halides is 3. The average Bonchev–Trinajstić information content (AvgIpc) is 3.38. The Kier molecular flexibility index (Phi) is 6.55. The molecular weight excluding hydrogens is 477 g/mol. The number of phenolic OH excluding ortho intramolecular Hbond substituents is 1. The van der Waals surface area contributed by atoms with Gasteiger partial charge in [-0.2, -0.15) is 13.2 Å². The number of phenols is 1. The third-order valence-electron chi connectivity index (χ3n) is 5.06. The van der Waals surface area contributed by atoms with Crippen molar-refractivity contribution in [3.63, 3.8) is 0 Å². The maximum atomic E-state index is 10.6. The van der Waals surface area contributed by atoms with Gasteiger partial charge < -0.3 is 20.3 Å². The van der Waals surface area contributed by atoms with Crippen molar-refractivity contribution in [3.8, 4) is 11.6 Å². The Morgan fingerprint density at radius 2 is 1.67 bits per heavy atom. The van der Waals surface area contributed by atoms with Gasteiger partial charge in [0.15, 0.2) is 5.88 Å². The van der Waals surface area contributed by atoms with Crippen molar-refractivity contribution in [3.05, 3.63) is 88.6 Å². The number of nitrogens with zero attached hydrogens (tertiary/aromatic N) is 3. The summed E-state index contributed by atoms with van der Waals surface area (Å²) in [6, 6.07) is 14.6. The topological polar surface area (TPSA) is 131 Å². The molecule has 0 radical (unpaired) electrons. The van der Waals surface area contributed by atoms with E-state index in [-0.39, 0.29) is 11.6 Å². The lowest BCUT2D eigenvalue weighted by molar-refractivity contribution is -0.192. The lowest BCUT2D eigenvalue weighted by Gasteiger charge is -1.96. The number of fused-ring (bicyclic) bond motifs is 2. The van der Waals surface area contributed by atoms with E-state index in [2.05, 4.69) is 20.2 Å². The molecule has 36 heavy (non-hydrogen) atoms. The van der Waals surface area contributed by atoms with Crippen molar-refractivity contribution in [1.82, 2.24) is 9.97 Å². The minimum atomic E-state index is -5.08. The number of aliphatic carboxylic acids is 1. The molecule has 0 saturated carbocycles. The van der Waals surface area contributed by atoms with Crippen LogP contribution in [-0.2, 0) is 4.79 Å². The van der Waals surface area contributed by atoms with Crippen LogP contribution in [0.15, 0.2) is 77.2 Å². The van der Waals surface area contributed by atoms with Crippen molar-refractivity contribution in [2.45, 2.75) is 6.18 Å². The number of aromatic hydroxyl groups is 2. The van der Waals surface area contributed by atoms with E-state index in [4.69, 9.17) is 9.90 Å². The molecule has 8 nitrogen and oxygen atoms in total. The number of carbonyl (C=O) groups is 1. The summed E-state index contributed by atoms with van der Waals surface area (Å²) in [5.74, 6) is -2.55. The maximum absolute atomic E-state index is 10.6. The van der Waals surface area contributed by atoms with E-state index < -0.39 is 12.1 Å². The smallest absolute Gasteiger partial charge is 0.490 e. The van der Waals surface area contributed by atoms with Crippen LogP contribution < -0.4 is 10.4 Å². The van der Waals surface area contributed by atoms with Gasteiger partial charge in [0, 0.05) is 34.1 Å². The van der Waals surface area contributed by atoms with Crippen molar-refractivity contribution in [2.75, 3.05) is 0 Å². The van der Waals surface area contributed by atoms with Crippen LogP contribution in [0.5, 0.6) is 11.6 Å². The number of nitrogens with one attached hydrogen (secondary N) is 1. The zero-order valence-corrected chi connectivity index (χ0v) is 18.2. The van der Waals surface area contributed by atoms with E-state index in [1.165, 1.54) is 0 Å². The average molecular weight is 494 g/mol. The summed E-state index contributed by atoms with van der Waals surface area (Å²) in [6.45, 7) is 0. The van der Waals surface area contributed by atoms with Crippen LogP contribution in [-0.4, -0.2) is 37.4 Å². The Labute approximate surface area is 200 Å². The number of carboxylic acids is 1. The molecule has 0 aliphatic carbocycles. The molecule has 3 heterocycles. The number of aromatic amines is 1. The van der Waals surface area contributed by atoms with Gasteiger partial charge in [-0.3, -0.25) is 4.98 Å². The van der Waals surface area contributed by atoms with Gasteiger partial charge in [0.1, 0.15) is 5.75 Å². The summed E-state index contributed by atoms with van der Waals surface area (Å²) >= 11 is 0. The normalized spacial score (nSPS) is 13.2. The number of azo groups is 1. The molecule has 0 spiro atoms. The highest BCUT2D eigenvalue weighted by molar-refractivity contribution is 5.92. The van der Waals surface area contributed by atoms with Gasteiger partial charge in [0.05, 0.1) is 11.4 Å². The molecule has 182 valence electrons. The molecule has 2 aromatic carbocycles. The number of pyridine rings is 1. The highest BCUT2D eigenvalue weighted by Crippen LogP contribution is 2.30. The van der Waals surface area contributed by atoms with Crippen molar-refractivity contribution < 1.29 is 33.3 Å². The zero-order valence-electron chi connectivity index (χ0n) is 18.2. The monoisotopic (exact) mass is 494 g/mol. The molecule has 5 rings (SSSR count). The quantitative estimate of drug-likeness (QED) is 0.336. The van der Waals surface area contributed by atoms with Gasteiger partial charge in [-0.15, -0.1) is 10.2 Å². The Bertz CT molecular complexity index is 1630. The highest BCUT2D eigenvalue weighted by atomic mass is 19.4. The van der Waals surface area contributed by atoms with Crippen LogP contribution in [0.25, 0.3) is 28.8 Å². The number of H-pyrrole nitrogens is 1. The fourth-order valence-electron chi connectivity index (χ4n) is 3.37. The zero-order chi connectivity index (χ0) is 25.9. The molecule has 0 bridgehead atoms. The highest BCUT2D eigenvalue weighted by Gasteiger charge is 2.38. The van der Waals surface area contributed by atoms with Crippen molar-refractivity contribution >= 4 is 40.4 Å². The number of aromatic nitrogens is 2. The van der Waals surface area contributed by atoms with Crippen molar-refractivity contribution in [2.24, 2.45) is 10.2 Å². The van der Waals surface area contributed by atoms with E-state index >= 15 is 0 Å². The number of rotatable bonds is 3. The van der Waals surface area contributed by atoms with Crippen molar-refractivity contribution in [1.29, 1.82) is 0 Å². The van der Waals surface area contributed by atoms with Crippen LogP contribution >= 0.6 is 0 Å². The largest absolute Gasteiger partial charge is 0.508 e. The summed E-state index contributed by atoms with van der Waals surface area (Å²) < 4.78 is 31.7. The van der Waals surface area contributed by atoms with Crippen LogP contribution in [0.4, 0.5) is 18.9 Å². The molecule has 11 heteroatoms. The molecule has 0 atom stereocenters. The second-order valence-electron chi connectivity index (χ2n) is 7.54. The third-order valence-corrected chi connectivity index (χ3v) is 5.06. The Balaban J connectivity index is 0.000000384. The fraction of sp³-hybridized carbons (Fsp3) is 0.0400. The Hall–Kier alpha value is -4.93. The Morgan fingerprint density at radius 3 is 2.36 bits per heavy atom. The molecule has 0 fully saturated rings. The molecule has 2 aromatic heterocycles. The summed E-state index contributed by atoms with van der Waals surface area (Å²) in [5, 5.41) is 38.3. The lowest BCUT2D eigenvalue weighted by Crippen LogP contribution is -2.21. The number of carboxylic acid groups (broad SMARTS) is 1. The van der Waals surface area contributed by atoms with E-state index in [0.29, 0.717) is 5.56 Å². The second kappa shape index (κ2) is 9.74. The summed E-state index contributed by atoms with van der Waals surface area (Å²) in [4.78, 5) is 15.8. The second-order valence-corrected chi connectivity index (χ2v) is 7.54. The number of hydrogen-bond donors (Lipinski definition) is 4. The van der Waals surface area contributed by atoms with E-state index in [0.717, 1.165) is 38.3 Å². The predicted molar refractivity (Wildman–Crippen MR) is 126 cm³/mol. The molecule has 4 aromatic rings. The first-order valence-corrected chi connectivity index (χ1v) is 10.3. The van der Waals surface area contributed by atoms with E-state index in [1.807, 2.05) is 48.6 Å². The van der Waals surface area contributed by atoms with Crippen LogP contribution in [0.3, 0.4) is 0 Å². The minimum Gasteiger partial charge on any atom is -0.508 e. The predicted octanol–water partition coefficient (Wildman–Crippen LogP) is 4.36. The van der Waals surface area contributed by atoms with Gasteiger partial charge in [-0.1, -0.05) is 12.1 Å². The lowest BCUT2D eigenvalue weighted by atomic mass is 10.1. The van der Waals surface area contributed by atoms with Gasteiger partial charge in [-0.25, -0.2) is 4.79 Å².